The van der Waals surface area contributed by atoms with Gasteiger partial charge in [0, 0.05) is 13.2 Å². The highest BCUT2D eigenvalue weighted by Crippen LogP contribution is 2.30. The molecule has 0 saturated carbocycles. The number of ether oxygens (including phenoxy) is 1. The minimum absolute atomic E-state index is 0.00852. The van der Waals surface area contributed by atoms with Crippen LogP contribution in [-0.2, 0) is 4.74 Å². The van der Waals surface area contributed by atoms with Crippen LogP contribution < -0.4 is 5.32 Å². The predicted molar refractivity (Wildman–Crippen MR) is 71.9 cm³/mol. The molecule has 1 N–H and O–H groups in total. The van der Waals surface area contributed by atoms with Crippen LogP contribution in [-0.4, -0.2) is 25.3 Å². The van der Waals surface area contributed by atoms with Crippen molar-refractivity contribution in [2.24, 2.45) is 5.41 Å². The standard InChI is InChI=1S/C14H31NO/c1-7-14(8-2,12-15-9-3)10-11-16-13(4,5)6/h15H,7-12H2,1-6H3. The molecule has 0 aromatic rings. The molecule has 0 aliphatic heterocycles. The lowest BCUT2D eigenvalue weighted by molar-refractivity contribution is -0.0199. The summed E-state index contributed by atoms with van der Waals surface area (Å²) >= 11 is 0. The van der Waals surface area contributed by atoms with Gasteiger partial charge in [0.05, 0.1) is 5.60 Å². The van der Waals surface area contributed by atoms with Crippen molar-refractivity contribution in [3.63, 3.8) is 0 Å². The van der Waals surface area contributed by atoms with E-state index in [1.54, 1.807) is 0 Å². The molecule has 0 bridgehead atoms. The third-order valence-electron chi connectivity index (χ3n) is 3.42. The van der Waals surface area contributed by atoms with E-state index >= 15 is 0 Å². The molecule has 0 saturated heterocycles. The van der Waals surface area contributed by atoms with Crippen molar-refractivity contribution in [2.45, 2.75) is 66.4 Å². The van der Waals surface area contributed by atoms with Gasteiger partial charge in [0.25, 0.3) is 0 Å². The number of rotatable bonds is 8. The van der Waals surface area contributed by atoms with E-state index in [2.05, 4.69) is 46.9 Å². The molecular weight excluding hydrogens is 198 g/mol. The molecule has 2 heteroatoms. The zero-order valence-corrected chi connectivity index (χ0v) is 12.2. The Kier molecular flexibility index (Phi) is 7.25. The van der Waals surface area contributed by atoms with Crippen molar-refractivity contribution in [2.75, 3.05) is 19.7 Å². The smallest absolute Gasteiger partial charge is 0.0598 e. The molecule has 0 aromatic heterocycles. The van der Waals surface area contributed by atoms with Gasteiger partial charge in [0.15, 0.2) is 0 Å². The monoisotopic (exact) mass is 229 g/mol. The third kappa shape index (κ3) is 6.49. The molecule has 2 nitrogen and oxygen atoms in total. The second kappa shape index (κ2) is 7.29. The van der Waals surface area contributed by atoms with Crippen molar-refractivity contribution in [3.8, 4) is 0 Å². The first-order valence-electron chi connectivity index (χ1n) is 6.74. The van der Waals surface area contributed by atoms with E-state index in [1.807, 2.05) is 0 Å². The Morgan fingerprint density at radius 3 is 1.94 bits per heavy atom. The van der Waals surface area contributed by atoms with Crippen LogP contribution in [0.5, 0.6) is 0 Å². The number of hydrogen-bond donors (Lipinski definition) is 1. The summed E-state index contributed by atoms with van der Waals surface area (Å²) in [6, 6.07) is 0. The minimum Gasteiger partial charge on any atom is -0.376 e. The average molecular weight is 229 g/mol. The SMILES string of the molecule is CCNCC(CC)(CC)CCOC(C)(C)C. The van der Waals surface area contributed by atoms with E-state index in [1.165, 1.54) is 12.8 Å². The first kappa shape index (κ1) is 15.9. The van der Waals surface area contributed by atoms with Crippen LogP contribution in [0.3, 0.4) is 0 Å². The minimum atomic E-state index is -0.00852. The highest BCUT2D eigenvalue weighted by atomic mass is 16.5. The molecule has 0 spiro atoms. The van der Waals surface area contributed by atoms with Gasteiger partial charge in [-0.1, -0.05) is 20.8 Å². The van der Waals surface area contributed by atoms with Crippen LogP contribution >= 0.6 is 0 Å². The van der Waals surface area contributed by atoms with E-state index in [4.69, 9.17) is 4.74 Å². The Bertz CT molecular complexity index is 168. The molecule has 0 heterocycles. The fourth-order valence-electron chi connectivity index (χ4n) is 1.91. The fourth-order valence-corrected chi connectivity index (χ4v) is 1.91. The summed E-state index contributed by atoms with van der Waals surface area (Å²) < 4.78 is 5.84. The maximum absolute atomic E-state index is 5.84. The number of nitrogens with one attached hydrogen (secondary N) is 1. The van der Waals surface area contributed by atoms with E-state index in [9.17, 15) is 0 Å². The molecular formula is C14H31NO. The van der Waals surface area contributed by atoms with Crippen LogP contribution in [0.25, 0.3) is 0 Å². The Morgan fingerprint density at radius 1 is 1.00 bits per heavy atom. The molecule has 16 heavy (non-hydrogen) atoms. The summed E-state index contributed by atoms with van der Waals surface area (Å²) in [6.07, 6.45) is 3.61. The van der Waals surface area contributed by atoms with Crippen LogP contribution in [0.15, 0.2) is 0 Å². The van der Waals surface area contributed by atoms with Crippen molar-refractivity contribution in [1.82, 2.24) is 5.32 Å². The largest absolute Gasteiger partial charge is 0.376 e. The van der Waals surface area contributed by atoms with Gasteiger partial charge in [-0.15, -0.1) is 0 Å². The van der Waals surface area contributed by atoms with Gasteiger partial charge in [-0.05, 0) is 52.0 Å². The topological polar surface area (TPSA) is 21.3 Å². The van der Waals surface area contributed by atoms with Crippen LogP contribution in [0, 0.1) is 5.41 Å². The van der Waals surface area contributed by atoms with E-state index in [-0.39, 0.29) is 5.60 Å². The number of hydrogen-bond acceptors (Lipinski definition) is 2. The van der Waals surface area contributed by atoms with Gasteiger partial charge in [0.2, 0.25) is 0 Å². The quantitative estimate of drug-likeness (QED) is 0.686. The third-order valence-corrected chi connectivity index (χ3v) is 3.42. The van der Waals surface area contributed by atoms with Crippen molar-refractivity contribution in [3.05, 3.63) is 0 Å². The van der Waals surface area contributed by atoms with Gasteiger partial charge in [-0.3, -0.25) is 0 Å². The first-order valence-corrected chi connectivity index (χ1v) is 6.74. The molecule has 0 radical (unpaired) electrons. The van der Waals surface area contributed by atoms with E-state index in [0.29, 0.717) is 5.41 Å². The summed E-state index contributed by atoms with van der Waals surface area (Å²) in [5.41, 5.74) is 0.409. The Labute approximate surface area is 102 Å². The van der Waals surface area contributed by atoms with Crippen molar-refractivity contribution < 1.29 is 4.74 Å². The summed E-state index contributed by atoms with van der Waals surface area (Å²) in [4.78, 5) is 0. The molecule has 0 atom stereocenters. The van der Waals surface area contributed by atoms with Crippen molar-refractivity contribution >= 4 is 0 Å². The highest BCUT2D eigenvalue weighted by Gasteiger charge is 2.26. The lowest BCUT2D eigenvalue weighted by Crippen LogP contribution is -2.35. The molecule has 0 aliphatic carbocycles. The summed E-state index contributed by atoms with van der Waals surface area (Å²) in [5.74, 6) is 0. The maximum atomic E-state index is 5.84. The predicted octanol–water partition coefficient (Wildman–Crippen LogP) is 3.61. The zero-order valence-electron chi connectivity index (χ0n) is 12.2. The normalized spacial score (nSPS) is 13.1. The zero-order chi connectivity index (χ0) is 12.7. The molecule has 0 amide bonds. The van der Waals surface area contributed by atoms with Gasteiger partial charge >= 0.3 is 0 Å². The van der Waals surface area contributed by atoms with E-state index in [0.717, 1.165) is 26.1 Å². The van der Waals surface area contributed by atoms with Gasteiger partial charge in [-0.2, -0.15) is 0 Å². The first-order chi connectivity index (χ1) is 7.39. The fraction of sp³-hybridized carbons (Fsp3) is 1.00. The van der Waals surface area contributed by atoms with Gasteiger partial charge in [-0.25, -0.2) is 0 Å². The van der Waals surface area contributed by atoms with Crippen LogP contribution in [0.2, 0.25) is 0 Å². The highest BCUT2D eigenvalue weighted by molar-refractivity contribution is 4.79. The van der Waals surface area contributed by atoms with Gasteiger partial charge < -0.3 is 10.1 Å². The molecule has 98 valence electrons. The Balaban J connectivity index is 4.11. The maximum Gasteiger partial charge on any atom is 0.0598 e. The lowest BCUT2D eigenvalue weighted by Gasteiger charge is -2.33. The van der Waals surface area contributed by atoms with E-state index < -0.39 is 0 Å². The Hall–Kier alpha value is -0.0800. The second-order valence-corrected chi connectivity index (χ2v) is 5.70. The van der Waals surface area contributed by atoms with Crippen LogP contribution in [0.4, 0.5) is 0 Å². The summed E-state index contributed by atoms with van der Waals surface area (Å²) in [6.45, 7) is 16.2. The van der Waals surface area contributed by atoms with Gasteiger partial charge in [0.1, 0.15) is 0 Å². The average Bonchev–Trinajstić information content (AvgIpc) is 2.22. The molecule has 0 rings (SSSR count). The summed E-state index contributed by atoms with van der Waals surface area (Å²) in [7, 11) is 0. The summed E-state index contributed by atoms with van der Waals surface area (Å²) in [5, 5.41) is 3.48. The molecule has 0 aromatic carbocycles. The molecule has 0 fully saturated rings. The second-order valence-electron chi connectivity index (χ2n) is 5.70. The Morgan fingerprint density at radius 2 is 1.56 bits per heavy atom. The van der Waals surface area contributed by atoms with Crippen LogP contribution in [0.1, 0.15) is 60.8 Å². The molecule has 0 unspecified atom stereocenters. The van der Waals surface area contributed by atoms with Crippen molar-refractivity contribution in [1.29, 1.82) is 0 Å². The lowest BCUT2D eigenvalue weighted by atomic mass is 9.79. The molecule has 0 aliphatic rings.